The number of hydrogen-bond acceptors (Lipinski definition) is 10. The predicted octanol–water partition coefficient (Wildman–Crippen LogP) is 5.07. The Labute approximate surface area is 255 Å². The number of nitrogens with two attached hydrogens (primary N) is 1. The summed E-state index contributed by atoms with van der Waals surface area (Å²) >= 11 is 0. The second-order valence-electron chi connectivity index (χ2n) is 11.7. The maximum absolute atomic E-state index is 14.6. The van der Waals surface area contributed by atoms with E-state index in [1.807, 2.05) is 18.6 Å². The molecule has 1 amide bonds. The van der Waals surface area contributed by atoms with Gasteiger partial charge in [0.05, 0.1) is 17.9 Å². The van der Waals surface area contributed by atoms with Crippen LogP contribution in [0.25, 0.3) is 11.3 Å². The zero-order chi connectivity index (χ0) is 31.5. The van der Waals surface area contributed by atoms with Gasteiger partial charge in [0.2, 0.25) is 0 Å². The van der Waals surface area contributed by atoms with Crippen molar-refractivity contribution in [3.05, 3.63) is 59.9 Å². The number of benzene rings is 1. The Hall–Kier alpha value is -4.26. The lowest BCUT2D eigenvalue weighted by Gasteiger charge is -2.29. The van der Waals surface area contributed by atoms with Crippen molar-refractivity contribution in [2.75, 3.05) is 23.8 Å². The van der Waals surface area contributed by atoms with E-state index in [9.17, 15) is 22.4 Å². The Kier molecular flexibility index (Phi) is 9.24. The van der Waals surface area contributed by atoms with Crippen molar-refractivity contribution < 1.29 is 36.2 Å². The highest BCUT2D eigenvalue weighted by atomic mass is 32.2. The summed E-state index contributed by atoms with van der Waals surface area (Å²) in [7, 11) is -4.41. The molecule has 3 aromatic rings. The molecule has 1 aromatic carbocycles. The van der Waals surface area contributed by atoms with Crippen LogP contribution in [0.1, 0.15) is 62.1 Å². The van der Waals surface area contributed by atoms with Gasteiger partial charge >= 0.3 is 5.97 Å². The molecular formula is C30H42FN5O6S. The fourth-order valence-corrected chi connectivity index (χ4v) is 5.45. The van der Waals surface area contributed by atoms with Gasteiger partial charge in [-0.25, -0.2) is 23.9 Å². The van der Waals surface area contributed by atoms with Crippen molar-refractivity contribution in [1.82, 2.24) is 14.7 Å². The summed E-state index contributed by atoms with van der Waals surface area (Å²) < 4.78 is 54.0. The van der Waals surface area contributed by atoms with E-state index in [1.54, 1.807) is 31.7 Å². The van der Waals surface area contributed by atoms with Gasteiger partial charge in [0.15, 0.2) is 5.03 Å². The average Bonchev–Trinajstić information content (AvgIpc) is 3.40. The lowest BCUT2D eigenvalue weighted by molar-refractivity contribution is -0.156. The molecule has 236 valence electrons. The Balaban J connectivity index is 0.00000353. The minimum Gasteiger partial charge on any atom is -0.493 e. The van der Waals surface area contributed by atoms with E-state index in [1.165, 1.54) is 42.5 Å². The van der Waals surface area contributed by atoms with Gasteiger partial charge in [-0.3, -0.25) is 4.79 Å². The molecule has 4 rings (SSSR count). The van der Waals surface area contributed by atoms with Gasteiger partial charge < -0.3 is 20.1 Å². The highest BCUT2D eigenvalue weighted by Gasteiger charge is 2.37. The van der Waals surface area contributed by atoms with Crippen molar-refractivity contribution >= 4 is 33.5 Å². The van der Waals surface area contributed by atoms with Crippen LogP contribution in [0.4, 0.5) is 16.0 Å². The third-order valence-corrected chi connectivity index (χ3v) is 7.55. The second-order valence-corrected chi connectivity index (χ2v) is 13.3. The molecule has 11 nitrogen and oxygen atoms in total. The highest BCUT2D eigenvalue weighted by molar-refractivity contribution is 7.90. The van der Waals surface area contributed by atoms with Crippen LogP contribution in [0.2, 0.25) is 0 Å². The van der Waals surface area contributed by atoms with E-state index >= 15 is 0 Å². The van der Waals surface area contributed by atoms with Crippen LogP contribution >= 0.6 is 0 Å². The molecule has 1 atom stereocenters. The normalized spacial score (nSPS) is 15.4. The highest BCUT2D eigenvalue weighted by Crippen LogP contribution is 2.33. The smallest absolute Gasteiger partial charge is 0.329 e. The number of sulfonamides is 1. The van der Waals surface area contributed by atoms with Crippen LogP contribution in [-0.4, -0.2) is 55.1 Å². The van der Waals surface area contributed by atoms with Gasteiger partial charge in [-0.15, -0.1) is 0 Å². The van der Waals surface area contributed by atoms with Crippen LogP contribution in [0.3, 0.4) is 0 Å². The summed E-state index contributed by atoms with van der Waals surface area (Å²) in [5.41, 5.74) is 5.42. The van der Waals surface area contributed by atoms with Crippen LogP contribution in [0, 0.1) is 11.7 Å². The topological polar surface area (TPSA) is 154 Å². The Morgan fingerprint density at radius 1 is 1.16 bits per heavy atom. The number of anilines is 2. The SMILES string of the molecule is CC(C)COc1cc(F)cc(-c2ccc(C(=O)NS(=O)(=O)c3cccc(N)n3)c(N3CCC[C@H]3C(=O)OC(C)(C)C)n2)c1.[HH].[HH].[HH]. The van der Waals surface area contributed by atoms with Gasteiger partial charge in [0.25, 0.3) is 15.9 Å². The number of pyridine rings is 2. The number of nitrogens with one attached hydrogen (secondary N) is 1. The first kappa shape index (κ1) is 31.7. The number of nitrogens with zero attached hydrogens (tertiary/aromatic N) is 3. The Morgan fingerprint density at radius 2 is 1.91 bits per heavy atom. The molecule has 13 heteroatoms. The third kappa shape index (κ3) is 7.98. The molecule has 1 aliphatic rings. The number of hydrogen-bond donors (Lipinski definition) is 2. The molecule has 3 N–H and O–H groups in total. The summed E-state index contributed by atoms with van der Waals surface area (Å²) in [5, 5.41) is -0.437. The van der Waals surface area contributed by atoms with Crippen molar-refractivity contribution in [1.29, 1.82) is 0 Å². The summed E-state index contributed by atoms with van der Waals surface area (Å²) in [6.45, 7) is 9.91. The first-order chi connectivity index (χ1) is 20.1. The molecular weight excluding hydrogens is 577 g/mol. The second kappa shape index (κ2) is 12.5. The molecule has 0 saturated carbocycles. The van der Waals surface area contributed by atoms with E-state index < -0.39 is 44.4 Å². The molecule has 0 unspecified atom stereocenters. The Morgan fingerprint density at radius 3 is 2.58 bits per heavy atom. The standard InChI is InChI=1S/C30H36FN5O6S.3H2/c1-18(2)17-41-21-15-19(14-20(31)16-21)23-12-11-22(28(37)35-43(39,40)26-10-6-9-25(32)34-26)27(33-23)36-13-7-8-24(36)29(38)42-30(3,4)5;;;/h6,9-12,14-16,18,24H,7-8,13,17H2,1-5H3,(H2,32,34)(H,35,37);3*1H/t24-;;;/m0.../s1. The van der Waals surface area contributed by atoms with Gasteiger partial charge in [-0.2, -0.15) is 8.42 Å². The van der Waals surface area contributed by atoms with Gasteiger partial charge in [0, 0.05) is 22.5 Å². The monoisotopic (exact) mass is 619 g/mol. The quantitative estimate of drug-likeness (QED) is 0.310. The maximum Gasteiger partial charge on any atom is 0.329 e. The molecule has 0 aliphatic carbocycles. The number of carbonyl (C=O) groups is 2. The van der Waals surface area contributed by atoms with Gasteiger partial charge in [0.1, 0.15) is 34.8 Å². The van der Waals surface area contributed by atoms with Crippen LogP contribution in [0.15, 0.2) is 53.6 Å². The fourth-order valence-electron chi connectivity index (χ4n) is 4.51. The van der Waals surface area contributed by atoms with Gasteiger partial charge in [-0.05, 0) is 75.9 Å². The van der Waals surface area contributed by atoms with Crippen molar-refractivity contribution in [2.45, 2.75) is 64.1 Å². The van der Waals surface area contributed by atoms with Gasteiger partial charge in [-0.1, -0.05) is 19.9 Å². The number of halogens is 1. The van der Waals surface area contributed by atoms with E-state index in [2.05, 4.69) is 9.97 Å². The lowest BCUT2D eigenvalue weighted by Crippen LogP contribution is -2.42. The summed E-state index contributed by atoms with van der Waals surface area (Å²) in [6, 6.07) is 10.3. The molecule has 1 aliphatic heterocycles. The molecule has 1 saturated heterocycles. The van der Waals surface area contributed by atoms with Crippen LogP contribution in [0.5, 0.6) is 5.75 Å². The fraction of sp³-hybridized carbons (Fsp3) is 0.400. The number of aromatic nitrogens is 2. The van der Waals surface area contributed by atoms with E-state index in [4.69, 9.17) is 15.2 Å². The van der Waals surface area contributed by atoms with E-state index in [0.717, 1.165) is 0 Å². The van der Waals surface area contributed by atoms with E-state index in [0.29, 0.717) is 37.3 Å². The number of amides is 1. The first-order valence-electron chi connectivity index (χ1n) is 13.9. The molecule has 0 spiro atoms. The Bertz CT molecular complexity index is 1640. The molecule has 1 fully saturated rings. The minimum atomic E-state index is -4.41. The number of nitrogen functional groups attached to an aromatic ring is 1. The third-order valence-electron chi connectivity index (χ3n) is 6.32. The number of rotatable bonds is 9. The minimum absolute atomic E-state index is 0. The molecule has 3 heterocycles. The molecule has 43 heavy (non-hydrogen) atoms. The number of esters is 1. The predicted molar refractivity (Wildman–Crippen MR) is 166 cm³/mol. The first-order valence-corrected chi connectivity index (χ1v) is 15.4. The largest absolute Gasteiger partial charge is 0.493 e. The average molecular weight is 620 g/mol. The molecule has 2 aromatic heterocycles. The number of ether oxygens (including phenoxy) is 2. The van der Waals surface area contributed by atoms with Crippen molar-refractivity contribution in [2.24, 2.45) is 5.92 Å². The van der Waals surface area contributed by atoms with Crippen LogP contribution in [-0.2, 0) is 19.6 Å². The summed E-state index contributed by atoms with van der Waals surface area (Å²) in [5.74, 6) is -1.51. The number of carbonyl (C=O) groups excluding carboxylic acids is 2. The molecule has 0 radical (unpaired) electrons. The zero-order valence-electron chi connectivity index (χ0n) is 24.8. The summed E-state index contributed by atoms with van der Waals surface area (Å²) in [6.07, 6.45) is 1.02. The van der Waals surface area contributed by atoms with Crippen molar-refractivity contribution in [3.8, 4) is 17.0 Å². The summed E-state index contributed by atoms with van der Waals surface area (Å²) in [4.78, 5) is 36.8. The molecule has 0 bridgehead atoms. The van der Waals surface area contributed by atoms with Crippen LogP contribution < -0.4 is 20.1 Å². The van der Waals surface area contributed by atoms with Crippen molar-refractivity contribution in [3.63, 3.8) is 0 Å². The zero-order valence-corrected chi connectivity index (χ0v) is 25.6. The maximum atomic E-state index is 14.6. The van der Waals surface area contributed by atoms with E-state index in [-0.39, 0.29) is 33.1 Å². The lowest BCUT2D eigenvalue weighted by atomic mass is 10.1.